The first-order valence-electron chi connectivity index (χ1n) is 16.0. The third-order valence-corrected chi connectivity index (χ3v) is 9.74. The van der Waals surface area contributed by atoms with Crippen molar-refractivity contribution in [2.45, 2.75) is 20.8 Å². The largest absolute Gasteiger partial charge is 0.633 e. The van der Waals surface area contributed by atoms with Crippen molar-refractivity contribution in [1.29, 1.82) is 0 Å². The van der Waals surface area contributed by atoms with Crippen molar-refractivity contribution in [3.05, 3.63) is 150 Å². The van der Waals surface area contributed by atoms with E-state index in [4.69, 9.17) is 9.31 Å². The Balaban J connectivity index is 1.25. The zero-order valence-electron chi connectivity index (χ0n) is 26.1. The van der Waals surface area contributed by atoms with Crippen LogP contribution in [0.5, 0.6) is 11.5 Å². The van der Waals surface area contributed by atoms with E-state index in [1.54, 1.807) is 0 Å². The second-order valence-electron chi connectivity index (χ2n) is 12.5. The van der Waals surface area contributed by atoms with Crippen LogP contribution < -0.4 is 14.8 Å². The molecular formula is C43H31BO2. The third kappa shape index (κ3) is 3.98. The van der Waals surface area contributed by atoms with Crippen LogP contribution in [0.15, 0.2) is 133 Å². The fourth-order valence-corrected chi connectivity index (χ4v) is 7.54. The molecule has 0 aliphatic carbocycles. The molecule has 8 aromatic rings. The molecule has 3 heteroatoms. The molecule has 1 aliphatic rings. The Kier molecular flexibility index (Phi) is 5.98. The normalized spacial score (nSPS) is 12.5. The quantitative estimate of drug-likeness (QED) is 0.151. The number of rotatable bonds is 3. The second-order valence-corrected chi connectivity index (χ2v) is 12.5. The van der Waals surface area contributed by atoms with Gasteiger partial charge in [0.05, 0.1) is 5.39 Å². The molecule has 0 saturated heterocycles. The number of benzene rings is 8. The smallest absolute Gasteiger partial charge is 0.521 e. The molecule has 0 saturated carbocycles. The van der Waals surface area contributed by atoms with E-state index in [0.717, 1.165) is 38.5 Å². The Bertz CT molecular complexity index is 2460. The minimum atomic E-state index is -0.605. The molecule has 8 aromatic carbocycles. The molecular weight excluding hydrogens is 559 g/mol. The zero-order chi connectivity index (χ0) is 30.9. The Morgan fingerprint density at radius 3 is 1.67 bits per heavy atom. The third-order valence-electron chi connectivity index (χ3n) is 9.74. The molecule has 0 fully saturated rings. The molecule has 0 amide bonds. The van der Waals surface area contributed by atoms with Gasteiger partial charge in [0.25, 0.3) is 0 Å². The molecule has 0 aromatic heterocycles. The summed E-state index contributed by atoms with van der Waals surface area (Å²) in [5, 5.41) is 9.34. The van der Waals surface area contributed by atoms with E-state index < -0.39 is 7.12 Å². The number of hydrogen-bond donors (Lipinski definition) is 0. The van der Waals surface area contributed by atoms with Crippen molar-refractivity contribution < 1.29 is 9.31 Å². The molecule has 0 spiro atoms. The Labute approximate surface area is 269 Å². The van der Waals surface area contributed by atoms with Crippen molar-refractivity contribution in [3.8, 4) is 33.8 Å². The lowest BCUT2D eigenvalue weighted by molar-refractivity contribution is 0.429. The first-order valence-corrected chi connectivity index (χ1v) is 16.0. The lowest BCUT2D eigenvalue weighted by Gasteiger charge is -2.28. The van der Waals surface area contributed by atoms with Gasteiger partial charge in [-0.1, -0.05) is 127 Å². The van der Waals surface area contributed by atoms with Crippen LogP contribution in [0.2, 0.25) is 0 Å². The summed E-state index contributed by atoms with van der Waals surface area (Å²) in [4.78, 5) is 0. The minimum Gasteiger partial charge on any atom is -0.521 e. The van der Waals surface area contributed by atoms with Gasteiger partial charge in [0.2, 0.25) is 0 Å². The van der Waals surface area contributed by atoms with E-state index in [2.05, 4.69) is 154 Å². The molecule has 2 nitrogen and oxygen atoms in total. The van der Waals surface area contributed by atoms with Gasteiger partial charge < -0.3 is 9.31 Å². The molecule has 0 unspecified atom stereocenters. The van der Waals surface area contributed by atoms with Gasteiger partial charge in [0.1, 0.15) is 11.5 Å². The summed E-state index contributed by atoms with van der Waals surface area (Å²) in [6, 6.07) is 47.9. The average molecular weight is 591 g/mol. The number of aryl methyl sites for hydroxylation is 3. The maximum Gasteiger partial charge on any atom is 0.633 e. The van der Waals surface area contributed by atoms with Crippen LogP contribution in [0, 0.1) is 20.8 Å². The summed E-state index contributed by atoms with van der Waals surface area (Å²) in [5.74, 6) is 1.68. The summed E-state index contributed by atoms with van der Waals surface area (Å²) < 4.78 is 13.7. The van der Waals surface area contributed by atoms with Crippen LogP contribution in [-0.2, 0) is 0 Å². The molecule has 1 aliphatic heterocycles. The van der Waals surface area contributed by atoms with Gasteiger partial charge >= 0.3 is 7.12 Å². The first-order chi connectivity index (χ1) is 22.6. The molecule has 218 valence electrons. The summed E-state index contributed by atoms with van der Waals surface area (Å²) in [5.41, 5.74) is 9.75. The molecule has 0 N–H and O–H groups in total. The highest BCUT2D eigenvalue weighted by Crippen LogP contribution is 2.45. The van der Waals surface area contributed by atoms with Crippen molar-refractivity contribution in [1.82, 2.24) is 0 Å². The van der Waals surface area contributed by atoms with E-state index in [0.29, 0.717) is 0 Å². The molecule has 1 heterocycles. The lowest BCUT2D eigenvalue weighted by Crippen LogP contribution is -2.45. The predicted molar refractivity (Wildman–Crippen MR) is 195 cm³/mol. The highest BCUT2D eigenvalue weighted by molar-refractivity contribution is 6.70. The number of hydrogen-bond acceptors (Lipinski definition) is 2. The van der Waals surface area contributed by atoms with Gasteiger partial charge in [-0.05, 0) is 104 Å². The summed E-state index contributed by atoms with van der Waals surface area (Å²) >= 11 is 0. The summed E-state index contributed by atoms with van der Waals surface area (Å²) in [6.07, 6.45) is 0. The fraction of sp³-hybridized carbons (Fsp3) is 0.0698. The average Bonchev–Trinajstić information content (AvgIpc) is 3.09. The molecule has 0 radical (unpaired) electrons. The zero-order valence-corrected chi connectivity index (χ0v) is 26.1. The topological polar surface area (TPSA) is 18.5 Å². The Morgan fingerprint density at radius 2 is 0.957 bits per heavy atom. The predicted octanol–water partition coefficient (Wildman–Crippen LogP) is 10.7. The number of fused-ring (bicyclic) bond motifs is 3. The van der Waals surface area contributed by atoms with Crippen molar-refractivity contribution in [3.63, 3.8) is 0 Å². The van der Waals surface area contributed by atoms with Gasteiger partial charge in [-0.25, -0.2) is 0 Å². The molecule has 0 bridgehead atoms. The maximum absolute atomic E-state index is 6.87. The van der Waals surface area contributed by atoms with E-state index in [9.17, 15) is 0 Å². The molecule has 46 heavy (non-hydrogen) atoms. The van der Waals surface area contributed by atoms with Crippen molar-refractivity contribution in [2.75, 3.05) is 0 Å². The lowest BCUT2D eigenvalue weighted by atomic mass is 9.70. The van der Waals surface area contributed by atoms with E-state index >= 15 is 0 Å². The van der Waals surface area contributed by atoms with Crippen LogP contribution >= 0.6 is 0 Å². The minimum absolute atomic E-state index is 0.605. The first kappa shape index (κ1) is 26.8. The summed E-state index contributed by atoms with van der Waals surface area (Å²) in [6.45, 7) is 6.54. The highest BCUT2D eigenvalue weighted by Gasteiger charge is 2.36. The van der Waals surface area contributed by atoms with E-state index in [-0.39, 0.29) is 0 Å². The summed E-state index contributed by atoms with van der Waals surface area (Å²) in [7, 11) is -0.605. The van der Waals surface area contributed by atoms with Gasteiger partial charge in [0, 0.05) is 5.46 Å². The standard InChI is InChI=1S/C43H31BO2/c1-26-19-20-28(3)38(25-26)41-34-13-6-8-15-36(34)43(37-16-9-7-14-35(37)41)44-45-39-18-10-17-33-32(23-24-40(46-44)42(33)39)31-22-21-27(2)29-11-4-5-12-30(29)31/h4-25H,1-3H3. The Hall–Kier alpha value is -5.54. The highest BCUT2D eigenvalue weighted by atomic mass is 16.6. The SMILES string of the molecule is Cc1ccc(C)c(-c2c3ccccc3c(B3Oc4cccc5c(-c6ccc(C)c7ccccc67)ccc(c45)O3)c3ccccc23)c1. The molecule has 9 rings (SSSR count). The second kappa shape index (κ2) is 10.3. The van der Waals surface area contributed by atoms with E-state index in [1.165, 1.54) is 60.5 Å². The van der Waals surface area contributed by atoms with Gasteiger partial charge in [-0.15, -0.1) is 0 Å². The molecule has 0 atom stereocenters. The van der Waals surface area contributed by atoms with Crippen molar-refractivity contribution in [2.24, 2.45) is 0 Å². The van der Waals surface area contributed by atoms with Crippen LogP contribution in [0.25, 0.3) is 65.3 Å². The Morgan fingerprint density at radius 1 is 0.413 bits per heavy atom. The van der Waals surface area contributed by atoms with Crippen LogP contribution in [-0.4, -0.2) is 7.12 Å². The van der Waals surface area contributed by atoms with Crippen LogP contribution in [0.1, 0.15) is 16.7 Å². The van der Waals surface area contributed by atoms with Gasteiger partial charge in [-0.3, -0.25) is 0 Å². The van der Waals surface area contributed by atoms with Crippen LogP contribution in [0.3, 0.4) is 0 Å². The van der Waals surface area contributed by atoms with Gasteiger partial charge in [0.15, 0.2) is 0 Å². The van der Waals surface area contributed by atoms with Crippen molar-refractivity contribution >= 4 is 55.7 Å². The monoisotopic (exact) mass is 590 g/mol. The van der Waals surface area contributed by atoms with Gasteiger partial charge in [-0.2, -0.15) is 0 Å². The maximum atomic E-state index is 6.87. The van der Waals surface area contributed by atoms with E-state index in [1.807, 2.05) is 0 Å². The van der Waals surface area contributed by atoms with Crippen LogP contribution in [0.4, 0.5) is 0 Å². The fourth-order valence-electron chi connectivity index (χ4n) is 7.54.